The number of benzene rings is 1. The third-order valence-corrected chi connectivity index (χ3v) is 1.51. The fraction of sp³-hybridized carbons (Fsp3) is 0. The SMILES string of the molecule is N=Cc1c(N)cccc1C(=O)O. The minimum absolute atomic E-state index is 0.0602. The molecule has 1 rings (SSSR count). The van der Waals surface area contributed by atoms with Gasteiger partial charge in [0.2, 0.25) is 0 Å². The Balaban J connectivity index is 3.37. The van der Waals surface area contributed by atoms with Gasteiger partial charge in [-0.15, -0.1) is 0 Å². The number of rotatable bonds is 2. The summed E-state index contributed by atoms with van der Waals surface area (Å²) < 4.78 is 0. The van der Waals surface area contributed by atoms with Crippen LogP contribution in [0.5, 0.6) is 0 Å². The van der Waals surface area contributed by atoms with Crippen molar-refractivity contribution in [2.75, 3.05) is 5.73 Å². The molecule has 4 N–H and O–H groups in total. The summed E-state index contributed by atoms with van der Waals surface area (Å²) in [5.74, 6) is -1.07. The van der Waals surface area contributed by atoms with Crippen molar-refractivity contribution in [1.82, 2.24) is 0 Å². The van der Waals surface area contributed by atoms with E-state index in [1.54, 1.807) is 12.1 Å². The van der Waals surface area contributed by atoms with E-state index >= 15 is 0 Å². The molecule has 12 heavy (non-hydrogen) atoms. The molecule has 0 saturated carbocycles. The largest absolute Gasteiger partial charge is 0.478 e. The van der Waals surface area contributed by atoms with Crippen LogP contribution in [0.1, 0.15) is 15.9 Å². The van der Waals surface area contributed by atoms with Gasteiger partial charge in [0.15, 0.2) is 0 Å². The van der Waals surface area contributed by atoms with Gasteiger partial charge in [0.25, 0.3) is 0 Å². The van der Waals surface area contributed by atoms with Crippen LogP contribution in [-0.4, -0.2) is 17.3 Å². The van der Waals surface area contributed by atoms with E-state index in [9.17, 15) is 4.79 Å². The van der Waals surface area contributed by atoms with Gasteiger partial charge in [-0.2, -0.15) is 0 Å². The van der Waals surface area contributed by atoms with Crippen molar-refractivity contribution < 1.29 is 9.90 Å². The van der Waals surface area contributed by atoms with Gasteiger partial charge in [0.1, 0.15) is 0 Å². The maximum atomic E-state index is 10.6. The van der Waals surface area contributed by atoms with Crippen LogP contribution in [0.25, 0.3) is 0 Å². The Bertz CT molecular complexity index is 334. The maximum absolute atomic E-state index is 10.6. The highest BCUT2D eigenvalue weighted by atomic mass is 16.4. The summed E-state index contributed by atoms with van der Waals surface area (Å²) in [6, 6.07) is 4.53. The Hall–Kier alpha value is -1.84. The second-order valence-electron chi connectivity index (χ2n) is 2.26. The first kappa shape index (κ1) is 8.26. The van der Waals surface area contributed by atoms with Crippen molar-refractivity contribution in [3.8, 4) is 0 Å². The summed E-state index contributed by atoms with van der Waals surface area (Å²) in [6.45, 7) is 0. The number of aromatic carboxylic acids is 1. The van der Waals surface area contributed by atoms with Crippen molar-refractivity contribution >= 4 is 17.9 Å². The third kappa shape index (κ3) is 1.27. The minimum atomic E-state index is -1.07. The van der Waals surface area contributed by atoms with Gasteiger partial charge in [-0.3, -0.25) is 0 Å². The Morgan fingerprint density at radius 3 is 2.67 bits per heavy atom. The standard InChI is InChI=1S/C8H8N2O2/c9-4-6-5(8(11)12)2-1-3-7(6)10/h1-4,9H,10H2,(H,11,12). The van der Waals surface area contributed by atoms with Crippen LogP contribution in [0.3, 0.4) is 0 Å². The van der Waals surface area contributed by atoms with E-state index in [1.165, 1.54) is 6.07 Å². The van der Waals surface area contributed by atoms with Gasteiger partial charge < -0.3 is 16.2 Å². The Morgan fingerprint density at radius 1 is 1.58 bits per heavy atom. The molecule has 0 heterocycles. The summed E-state index contributed by atoms with van der Waals surface area (Å²) >= 11 is 0. The van der Waals surface area contributed by atoms with Crippen LogP contribution < -0.4 is 5.73 Å². The van der Waals surface area contributed by atoms with Gasteiger partial charge in [-0.25, -0.2) is 4.79 Å². The van der Waals surface area contributed by atoms with Crippen LogP contribution in [0.15, 0.2) is 18.2 Å². The molecular weight excluding hydrogens is 156 g/mol. The topological polar surface area (TPSA) is 87.2 Å². The van der Waals surface area contributed by atoms with E-state index in [2.05, 4.69) is 0 Å². The highest BCUT2D eigenvalue weighted by Gasteiger charge is 2.09. The van der Waals surface area contributed by atoms with Crippen molar-refractivity contribution in [2.24, 2.45) is 0 Å². The number of nitrogens with two attached hydrogens (primary N) is 1. The molecule has 0 spiro atoms. The average molecular weight is 164 g/mol. The molecule has 0 saturated heterocycles. The fourth-order valence-corrected chi connectivity index (χ4v) is 0.931. The van der Waals surface area contributed by atoms with Crippen molar-refractivity contribution in [1.29, 1.82) is 5.41 Å². The van der Waals surface area contributed by atoms with Gasteiger partial charge in [-0.05, 0) is 12.1 Å². The second kappa shape index (κ2) is 3.04. The molecule has 1 aromatic carbocycles. The molecule has 0 aliphatic rings. The number of nitrogens with one attached hydrogen (secondary N) is 1. The van der Waals surface area contributed by atoms with Crippen LogP contribution in [0, 0.1) is 5.41 Å². The lowest BCUT2D eigenvalue weighted by Gasteiger charge is -2.02. The number of anilines is 1. The number of carbonyl (C=O) groups is 1. The molecule has 0 aliphatic carbocycles. The molecule has 0 aliphatic heterocycles. The van der Waals surface area contributed by atoms with Crippen molar-refractivity contribution in [3.63, 3.8) is 0 Å². The molecule has 0 radical (unpaired) electrons. The molecule has 0 atom stereocenters. The van der Waals surface area contributed by atoms with E-state index in [-0.39, 0.29) is 11.1 Å². The first-order valence-electron chi connectivity index (χ1n) is 3.29. The van der Waals surface area contributed by atoms with Crippen LogP contribution in [0.2, 0.25) is 0 Å². The third-order valence-electron chi connectivity index (χ3n) is 1.51. The molecule has 0 amide bonds. The lowest BCUT2D eigenvalue weighted by molar-refractivity contribution is 0.0697. The molecular formula is C8H8N2O2. The quantitative estimate of drug-likeness (QED) is 0.449. The average Bonchev–Trinajstić information content (AvgIpc) is 2.03. The van der Waals surface area contributed by atoms with Crippen LogP contribution in [-0.2, 0) is 0 Å². The summed E-state index contributed by atoms with van der Waals surface area (Å²) in [6.07, 6.45) is 0.943. The van der Waals surface area contributed by atoms with E-state index in [0.717, 1.165) is 6.21 Å². The maximum Gasteiger partial charge on any atom is 0.336 e. The number of hydrogen-bond acceptors (Lipinski definition) is 3. The Morgan fingerprint density at radius 2 is 2.25 bits per heavy atom. The van der Waals surface area contributed by atoms with Crippen molar-refractivity contribution in [3.05, 3.63) is 29.3 Å². The monoisotopic (exact) mass is 164 g/mol. The van der Waals surface area contributed by atoms with E-state index in [4.69, 9.17) is 16.2 Å². The van der Waals surface area contributed by atoms with Crippen LogP contribution >= 0.6 is 0 Å². The summed E-state index contributed by atoms with van der Waals surface area (Å²) in [7, 11) is 0. The minimum Gasteiger partial charge on any atom is -0.478 e. The Labute approximate surface area is 69.1 Å². The predicted octanol–water partition coefficient (Wildman–Crippen LogP) is 0.965. The number of hydrogen-bond donors (Lipinski definition) is 3. The Kier molecular flexibility index (Phi) is 2.09. The first-order chi connectivity index (χ1) is 5.66. The molecule has 0 unspecified atom stereocenters. The van der Waals surface area contributed by atoms with E-state index in [0.29, 0.717) is 5.69 Å². The molecule has 0 fully saturated rings. The van der Waals surface area contributed by atoms with Gasteiger partial charge in [0, 0.05) is 17.5 Å². The molecule has 4 nitrogen and oxygen atoms in total. The number of nitrogen functional groups attached to an aromatic ring is 1. The fourth-order valence-electron chi connectivity index (χ4n) is 0.931. The smallest absolute Gasteiger partial charge is 0.336 e. The highest BCUT2D eigenvalue weighted by Crippen LogP contribution is 2.14. The molecule has 0 bridgehead atoms. The normalized spacial score (nSPS) is 9.33. The van der Waals surface area contributed by atoms with Crippen LogP contribution in [0.4, 0.5) is 5.69 Å². The number of carboxylic acid groups (broad SMARTS) is 1. The summed E-state index contributed by atoms with van der Waals surface area (Å²) in [5, 5.41) is 15.6. The zero-order valence-electron chi connectivity index (χ0n) is 6.24. The molecule has 0 aromatic heterocycles. The summed E-state index contributed by atoms with van der Waals surface area (Å²) in [5.41, 5.74) is 6.08. The zero-order chi connectivity index (χ0) is 9.14. The predicted molar refractivity (Wildman–Crippen MR) is 45.7 cm³/mol. The summed E-state index contributed by atoms with van der Waals surface area (Å²) in [4.78, 5) is 10.6. The lowest BCUT2D eigenvalue weighted by Crippen LogP contribution is -2.04. The van der Waals surface area contributed by atoms with Gasteiger partial charge >= 0.3 is 5.97 Å². The lowest BCUT2D eigenvalue weighted by atomic mass is 10.1. The highest BCUT2D eigenvalue weighted by molar-refractivity contribution is 6.01. The first-order valence-corrected chi connectivity index (χ1v) is 3.29. The van der Waals surface area contributed by atoms with Gasteiger partial charge in [-0.1, -0.05) is 6.07 Å². The van der Waals surface area contributed by atoms with Crippen molar-refractivity contribution in [2.45, 2.75) is 0 Å². The molecule has 1 aromatic rings. The number of carboxylic acids is 1. The molecule has 4 heteroatoms. The van der Waals surface area contributed by atoms with E-state index < -0.39 is 5.97 Å². The van der Waals surface area contributed by atoms with E-state index in [1.807, 2.05) is 0 Å². The second-order valence-corrected chi connectivity index (χ2v) is 2.26. The molecule has 62 valence electrons. The zero-order valence-corrected chi connectivity index (χ0v) is 6.24. The van der Waals surface area contributed by atoms with Gasteiger partial charge in [0.05, 0.1) is 5.56 Å².